The molecule has 2 rings (SSSR count). The van der Waals surface area contributed by atoms with Gasteiger partial charge in [0.05, 0.1) is 23.2 Å². The molecule has 0 saturated heterocycles. The third-order valence-electron chi connectivity index (χ3n) is 3.72. The van der Waals surface area contributed by atoms with Crippen LogP contribution in [0.4, 0.5) is 18.9 Å². The van der Waals surface area contributed by atoms with Crippen LogP contribution in [0.25, 0.3) is 0 Å². The first-order chi connectivity index (χ1) is 12.3. The predicted molar refractivity (Wildman–Crippen MR) is 97.9 cm³/mol. The van der Waals surface area contributed by atoms with Crippen LogP contribution in [0, 0.1) is 18.3 Å². The molecular formula is C19H18F3N3S. The Balaban J connectivity index is 2.49. The molecular weight excluding hydrogens is 359 g/mol. The van der Waals surface area contributed by atoms with Gasteiger partial charge in [-0.25, -0.2) is 4.99 Å². The number of rotatable bonds is 5. The summed E-state index contributed by atoms with van der Waals surface area (Å²) >= 11 is 1.15. The Morgan fingerprint density at radius 1 is 1.23 bits per heavy atom. The fourth-order valence-electron chi connectivity index (χ4n) is 2.13. The number of hydrogen-bond donors (Lipinski definition) is 0. The Morgan fingerprint density at radius 3 is 2.54 bits per heavy atom. The fourth-order valence-corrected chi connectivity index (χ4v) is 3.13. The highest BCUT2D eigenvalue weighted by molar-refractivity contribution is 7.99. The number of nitriles is 1. The number of hydrogen-bond acceptors (Lipinski definition) is 3. The molecule has 0 aliphatic heterocycles. The van der Waals surface area contributed by atoms with Crippen molar-refractivity contribution < 1.29 is 13.2 Å². The van der Waals surface area contributed by atoms with Crippen molar-refractivity contribution in [2.45, 2.75) is 29.8 Å². The van der Waals surface area contributed by atoms with Crippen molar-refractivity contribution in [3.05, 3.63) is 53.1 Å². The lowest BCUT2D eigenvalue weighted by Gasteiger charge is -2.15. The molecule has 3 nitrogen and oxygen atoms in total. The van der Waals surface area contributed by atoms with E-state index < -0.39 is 11.7 Å². The molecule has 0 heterocycles. The van der Waals surface area contributed by atoms with E-state index in [0.29, 0.717) is 27.5 Å². The Hall–Kier alpha value is -2.46. The highest BCUT2D eigenvalue weighted by Gasteiger charge is 2.34. The molecule has 0 atom stereocenters. The minimum absolute atomic E-state index is 0.117. The second-order valence-corrected chi connectivity index (χ2v) is 6.74. The molecule has 0 saturated carbocycles. The number of aliphatic imine (C=N–C) groups is 1. The van der Waals surface area contributed by atoms with E-state index in [0.717, 1.165) is 17.8 Å². The van der Waals surface area contributed by atoms with E-state index in [1.165, 1.54) is 12.4 Å². The lowest BCUT2D eigenvalue weighted by molar-refractivity contribution is -0.137. The normalized spacial score (nSPS) is 11.6. The molecule has 0 aromatic heterocycles. The highest BCUT2D eigenvalue weighted by Crippen LogP contribution is 2.42. The van der Waals surface area contributed by atoms with E-state index in [9.17, 15) is 18.4 Å². The molecule has 0 fully saturated rings. The lowest BCUT2D eigenvalue weighted by atomic mass is 10.1. The molecule has 0 aliphatic rings. The Labute approximate surface area is 155 Å². The Kier molecular flexibility index (Phi) is 6.32. The van der Waals surface area contributed by atoms with Crippen molar-refractivity contribution in [1.29, 1.82) is 5.26 Å². The first kappa shape index (κ1) is 19.9. The topological polar surface area (TPSA) is 39.4 Å². The molecule has 2 aromatic carbocycles. The van der Waals surface area contributed by atoms with Crippen LogP contribution in [0.15, 0.2) is 51.2 Å². The zero-order valence-corrected chi connectivity index (χ0v) is 15.4. The van der Waals surface area contributed by atoms with Gasteiger partial charge >= 0.3 is 6.18 Å². The van der Waals surface area contributed by atoms with Gasteiger partial charge in [0, 0.05) is 23.4 Å². The predicted octanol–water partition coefficient (Wildman–Crippen LogP) is 5.65. The van der Waals surface area contributed by atoms with Gasteiger partial charge in [-0.1, -0.05) is 23.9 Å². The third-order valence-corrected chi connectivity index (χ3v) is 4.95. The summed E-state index contributed by atoms with van der Waals surface area (Å²) in [4.78, 5) is 6.77. The number of benzene rings is 2. The van der Waals surface area contributed by atoms with E-state index in [-0.39, 0.29) is 5.69 Å². The number of aryl methyl sites for hydroxylation is 1. The zero-order chi connectivity index (χ0) is 19.3. The second-order valence-electron chi connectivity index (χ2n) is 5.66. The summed E-state index contributed by atoms with van der Waals surface area (Å²) in [6.45, 7) is 4.26. The van der Waals surface area contributed by atoms with Crippen molar-refractivity contribution in [2.24, 2.45) is 4.99 Å². The van der Waals surface area contributed by atoms with Crippen LogP contribution < -0.4 is 0 Å². The van der Waals surface area contributed by atoms with E-state index in [1.807, 2.05) is 6.92 Å². The summed E-state index contributed by atoms with van der Waals surface area (Å²) < 4.78 is 40.5. The zero-order valence-electron chi connectivity index (χ0n) is 14.6. The van der Waals surface area contributed by atoms with Gasteiger partial charge in [-0.2, -0.15) is 18.4 Å². The molecule has 136 valence electrons. The van der Waals surface area contributed by atoms with Gasteiger partial charge in [0.15, 0.2) is 0 Å². The van der Waals surface area contributed by atoms with Crippen LogP contribution >= 0.6 is 11.8 Å². The van der Waals surface area contributed by atoms with E-state index in [1.54, 1.807) is 43.1 Å². The van der Waals surface area contributed by atoms with Gasteiger partial charge in [0.1, 0.15) is 6.07 Å². The first-order valence-electron chi connectivity index (χ1n) is 7.89. The number of halogens is 3. The van der Waals surface area contributed by atoms with Gasteiger partial charge in [-0.15, -0.1) is 0 Å². The second kappa shape index (κ2) is 8.28. The average Bonchev–Trinajstić information content (AvgIpc) is 2.60. The maximum atomic E-state index is 13.5. The highest BCUT2D eigenvalue weighted by atomic mass is 32.2. The molecule has 0 bridgehead atoms. The van der Waals surface area contributed by atoms with Crippen molar-refractivity contribution >= 4 is 23.8 Å². The first-order valence-corrected chi connectivity index (χ1v) is 8.71. The van der Waals surface area contributed by atoms with Gasteiger partial charge in [0.2, 0.25) is 0 Å². The van der Waals surface area contributed by atoms with Crippen LogP contribution in [0.5, 0.6) is 0 Å². The standard InChI is InChI=1S/C19H18F3N3S/c1-4-25(3)12-24-16-9-13(2)18(10-15(16)19(20,21)22)26-17-8-6-5-7-14(17)11-23/h5-10,12H,4H2,1-3H3. The molecule has 0 unspecified atom stereocenters. The summed E-state index contributed by atoms with van der Waals surface area (Å²) in [5, 5.41) is 9.17. The quantitative estimate of drug-likeness (QED) is 0.499. The maximum Gasteiger partial charge on any atom is 0.418 e. The Morgan fingerprint density at radius 2 is 1.92 bits per heavy atom. The molecule has 26 heavy (non-hydrogen) atoms. The van der Waals surface area contributed by atoms with Crippen molar-refractivity contribution in [3.8, 4) is 6.07 Å². The lowest BCUT2D eigenvalue weighted by Crippen LogP contribution is -2.14. The average molecular weight is 377 g/mol. The van der Waals surface area contributed by atoms with Crippen molar-refractivity contribution in [3.63, 3.8) is 0 Å². The smallest absolute Gasteiger partial charge is 0.366 e. The van der Waals surface area contributed by atoms with Crippen LogP contribution in [-0.4, -0.2) is 24.8 Å². The molecule has 0 amide bonds. The van der Waals surface area contributed by atoms with E-state index in [4.69, 9.17) is 0 Å². The SMILES string of the molecule is CCN(C)C=Nc1cc(C)c(Sc2ccccc2C#N)cc1C(F)(F)F. The molecule has 0 aliphatic carbocycles. The molecule has 0 radical (unpaired) electrons. The summed E-state index contributed by atoms with van der Waals surface area (Å²) in [7, 11) is 1.74. The third kappa shape index (κ3) is 4.79. The van der Waals surface area contributed by atoms with Crippen LogP contribution in [0.3, 0.4) is 0 Å². The summed E-state index contributed by atoms with van der Waals surface area (Å²) in [6, 6.07) is 11.4. The summed E-state index contributed by atoms with van der Waals surface area (Å²) in [6.07, 6.45) is -3.13. The number of nitrogens with zero attached hydrogens (tertiary/aromatic N) is 3. The maximum absolute atomic E-state index is 13.5. The molecule has 0 spiro atoms. The minimum atomic E-state index is -4.52. The molecule has 7 heteroatoms. The minimum Gasteiger partial charge on any atom is -0.366 e. The summed E-state index contributed by atoms with van der Waals surface area (Å²) in [5.74, 6) is 0. The molecule has 0 N–H and O–H groups in total. The monoisotopic (exact) mass is 377 g/mol. The van der Waals surface area contributed by atoms with Crippen LogP contribution in [0.2, 0.25) is 0 Å². The Bertz CT molecular complexity index is 854. The van der Waals surface area contributed by atoms with Crippen LogP contribution in [-0.2, 0) is 6.18 Å². The number of alkyl halides is 3. The van der Waals surface area contributed by atoms with Crippen molar-refractivity contribution in [1.82, 2.24) is 4.90 Å². The fraction of sp³-hybridized carbons (Fsp3) is 0.263. The summed E-state index contributed by atoms with van der Waals surface area (Å²) in [5.41, 5.74) is 0.188. The molecule has 2 aromatic rings. The van der Waals surface area contributed by atoms with E-state index in [2.05, 4.69) is 11.1 Å². The van der Waals surface area contributed by atoms with E-state index >= 15 is 0 Å². The largest absolute Gasteiger partial charge is 0.418 e. The van der Waals surface area contributed by atoms with Crippen molar-refractivity contribution in [2.75, 3.05) is 13.6 Å². The van der Waals surface area contributed by atoms with Gasteiger partial charge in [-0.3, -0.25) is 0 Å². The van der Waals surface area contributed by atoms with Gasteiger partial charge in [-0.05, 0) is 43.7 Å². The van der Waals surface area contributed by atoms with Gasteiger partial charge < -0.3 is 4.90 Å². The van der Waals surface area contributed by atoms with Crippen LogP contribution in [0.1, 0.15) is 23.6 Å². The van der Waals surface area contributed by atoms with Gasteiger partial charge in [0.25, 0.3) is 0 Å².